The first-order valence-electron chi connectivity index (χ1n) is 2.44. The maximum atomic E-state index is 10.9. The van der Waals surface area contributed by atoms with Gasteiger partial charge in [0.25, 0.3) is 0 Å². The van der Waals surface area contributed by atoms with Crippen LogP contribution in [0, 0.1) is 0 Å². The average molecular weight is 148 g/mol. The minimum absolute atomic E-state index is 0.326. The maximum Gasteiger partial charge on any atom is 0.0647 e. The van der Waals surface area contributed by atoms with E-state index >= 15 is 0 Å². The maximum absolute atomic E-state index is 10.9. The molecular formula is C5H8OS2. The number of rotatable bonds is 0. The monoisotopic (exact) mass is 148 g/mol. The minimum Gasteiger partial charge on any atom is -0.254 e. The van der Waals surface area contributed by atoms with Crippen LogP contribution in [-0.4, -0.2) is 15.2 Å². The van der Waals surface area contributed by atoms with Crippen molar-refractivity contribution in [1.29, 1.82) is 0 Å². The molecule has 1 saturated heterocycles. The Hall–Kier alpha value is 0.240. The Labute approximate surface area is 56.0 Å². The van der Waals surface area contributed by atoms with Gasteiger partial charge in [-0.05, 0) is 6.92 Å². The molecule has 1 aliphatic heterocycles. The van der Waals surface area contributed by atoms with E-state index in [-0.39, 0.29) is 0 Å². The molecule has 0 aromatic rings. The molecule has 1 fully saturated rings. The van der Waals surface area contributed by atoms with E-state index < -0.39 is 10.8 Å². The van der Waals surface area contributed by atoms with Crippen LogP contribution in [0.1, 0.15) is 6.92 Å². The Morgan fingerprint density at radius 2 is 2.62 bits per heavy atom. The fourth-order valence-corrected chi connectivity index (χ4v) is 3.28. The summed E-state index contributed by atoms with van der Waals surface area (Å²) in [5.41, 5.74) is 0. The van der Waals surface area contributed by atoms with Crippen molar-refractivity contribution in [2.45, 2.75) is 12.2 Å². The molecule has 1 aliphatic rings. The second-order valence-electron chi connectivity index (χ2n) is 1.79. The van der Waals surface area contributed by atoms with Crippen LogP contribution < -0.4 is 0 Å². The van der Waals surface area contributed by atoms with Crippen LogP contribution in [0.25, 0.3) is 0 Å². The van der Waals surface area contributed by atoms with Gasteiger partial charge in [0, 0.05) is 11.0 Å². The van der Waals surface area contributed by atoms with Crippen molar-refractivity contribution < 1.29 is 4.21 Å². The molecule has 0 amide bonds. The van der Waals surface area contributed by atoms with Crippen molar-refractivity contribution in [3.05, 3.63) is 10.8 Å². The smallest absolute Gasteiger partial charge is 0.0647 e. The van der Waals surface area contributed by atoms with Gasteiger partial charge in [0.05, 0.1) is 15.0 Å². The fourth-order valence-electron chi connectivity index (χ4n) is 0.555. The van der Waals surface area contributed by atoms with Gasteiger partial charge < -0.3 is 0 Å². The predicted molar refractivity (Wildman–Crippen MR) is 39.2 cm³/mol. The molecule has 0 N–H and O–H groups in total. The molecule has 8 heavy (non-hydrogen) atoms. The summed E-state index contributed by atoms with van der Waals surface area (Å²) in [5, 5.41) is 0.326. The first kappa shape index (κ1) is 6.36. The first-order chi connectivity index (χ1) is 3.72. The predicted octanol–water partition coefficient (Wildman–Crippen LogP) is 1.34. The lowest BCUT2D eigenvalue weighted by Crippen LogP contribution is -2.03. The molecule has 0 unspecified atom stereocenters. The third-order valence-corrected chi connectivity index (χ3v) is 4.46. The summed E-state index contributed by atoms with van der Waals surface area (Å²) >= 11 is 1.62. The molecule has 0 aliphatic carbocycles. The van der Waals surface area contributed by atoms with Crippen molar-refractivity contribution in [3.8, 4) is 0 Å². The summed E-state index contributed by atoms with van der Waals surface area (Å²) in [4.78, 5) is 0. The number of hydrogen-bond donors (Lipinski definition) is 0. The second kappa shape index (κ2) is 2.23. The molecule has 0 bridgehead atoms. The minimum atomic E-state index is -0.744. The molecule has 1 nitrogen and oxygen atoms in total. The van der Waals surface area contributed by atoms with E-state index in [1.165, 1.54) is 0 Å². The first-order valence-corrected chi connectivity index (χ1v) is 4.64. The molecule has 1 heterocycles. The van der Waals surface area contributed by atoms with Gasteiger partial charge in [0.15, 0.2) is 0 Å². The van der Waals surface area contributed by atoms with E-state index in [2.05, 4.69) is 6.58 Å². The van der Waals surface area contributed by atoms with Crippen LogP contribution >= 0.6 is 11.8 Å². The highest BCUT2D eigenvalue weighted by molar-refractivity contribution is 8.19. The SMILES string of the molecule is C=C1SC[C@H](C)[S@@]1=O. The Kier molecular flexibility index (Phi) is 1.77. The van der Waals surface area contributed by atoms with Gasteiger partial charge in [-0.1, -0.05) is 6.58 Å². The lowest BCUT2D eigenvalue weighted by Gasteiger charge is -1.92. The molecule has 46 valence electrons. The highest BCUT2D eigenvalue weighted by Crippen LogP contribution is 2.29. The number of hydrogen-bond acceptors (Lipinski definition) is 2. The second-order valence-corrected chi connectivity index (χ2v) is 5.06. The fraction of sp³-hybridized carbons (Fsp3) is 0.600. The standard InChI is InChI=1S/C5H8OS2/c1-4-3-7-5(2)8(4)6/h4H,2-3H2,1H3/t4-,8-/m0/s1. The van der Waals surface area contributed by atoms with Crippen molar-refractivity contribution in [1.82, 2.24) is 0 Å². The summed E-state index contributed by atoms with van der Waals surface area (Å²) in [6.07, 6.45) is 0. The van der Waals surface area contributed by atoms with Crippen molar-refractivity contribution in [2.75, 3.05) is 5.75 Å². The van der Waals surface area contributed by atoms with Crippen molar-refractivity contribution in [2.24, 2.45) is 0 Å². The van der Waals surface area contributed by atoms with Crippen molar-refractivity contribution >= 4 is 22.6 Å². The summed E-state index contributed by atoms with van der Waals surface area (Å²) < 4.78 is 11.7. The van der Waals surface area contributed by atoms with E-state index in [1.807, 2.05) is 6.92 Å². The van der Waals surface area contributed by atoms with E-state index in [9.17, 15) is 4.21 Å². The van der Waals surface area contributed by atoms with Crippen LogP contribution in [0.2, 0.25) is 0 Å². The summed E-state index contributed by atoms with van der Waals surface area (Å²) in [7, 11) is -0.744. The van der Waals surface area contributed by atoms with E-state index in [0.29, 0.717) is 5.25 Å². The van der Waals surface area contributed by atoms with Crippen LogP contribution in [0.5, 0.6) is 0 Å². The third kappa shape index (κ3) is 0.977. The van der Waals surface area contributed by atoms with Crippen molar-refractivity contribution in [3.63, 3.8) is 0 Å². The summed E-state index contributed by atoms with van der Waals surface area (Å²) in [5.74, 6) is 0.978. The zero-order valence-corrected chi connectivity index (χ0v) is 6.35. The van der Waals surface area contributed by atoms with Gasteiger partial charge in [0.1, 0.15) is 0 Å². The molecule has 3 heteroatoms. The van der Waals surface area contributed by atoms with Gasteiger partial charge in [-0.25, -0.2) is 0 Å². The molecule has 0 aromatic carbocycles. The Morgan fingerprint density at radius 3 is 2.75 bits per heavy atom. The Balaban J connectivity index is 2.71. The Morgan fingerprint density at radius 1 is 2.00 bits per heavy atom. The molecule has 0 radical (unpaired) electrons. The van der Waals surface area contributed by atoms with Gasteiger partial charge >= 0.3 is 0 Å². The van der Waals surface area contributed by atoms with Crippen LogP contribution in [0.3, 0.4) is 0 Å². The zero-order valence-electron chi connectivity index (χ0n) is 4.72. The summed E-state index contributed by atoms with van der Waals surface area (Å²) in [6.45, 7) is 5.64. The van der Waals surface area contributed by atoms with Crippen LogP contribution in [0.15, 0.2) is 10.8 Å². The molecular weight excluding hydrogens is 140 g/mol. The highest BCUT2D eigenvalue weighted by atomic mass is 32.2. The van der Waals surface area contributed by atoms with Crippen LogP contribution in [-0.2, 0) is 10.8 Å². The van der Waals surface area contributed by atoms with Gasteiger partial charge in [0.2, 0.25) is 0 Å². The topological polar surface area (TPSA) is 17.1 Å². The molecule has 0 spiro atoms. The largest absolute Gasteiger partial charge is 0.254 e. The normalized spacial score (nSPS) is 38.4. The summed E-state index contributed by atoms with van der Waals surface area (Å²) in [6, 6.07) is 0. The van der Waals surface area contributed by atoms with E-state index in [4.69, 9.17) is 0 Å². The highest BCUT2D eigenvalue weighted by Gasteiger charge is 2.22. The number of thioether (sulfide) groups is 1. The Bertz CT molecular complexity index is 141. The van der Waals surface area contributed by atoms with Gasteiger partial charge in [-0.15, -0.1) is 11.8 Å². The van der Waals surface area contributed by atoms with Gasteiger partial charge in [-0.3, -0.25) is 4.21 Å². The van der Waals surface area contributed by atoms with E-state index in [0.717, 1.165) is 9.99 Å². The molecule has 0 aromatic heterocycles. The molecule has 2 atom stereocenters. The molecule has 0 saturated carbocycles. The zero-order chi connectivity index (χ0) is 6.15. The third-order valence-electron chi connectivity index (χ3n) is 1.07. The lowest BCUT2D eigenvalue weighted by molar-refractivity contribution is 0.683. The van der Waals surface area contributed by atoms with Crippen LogP contribution in [0.4, 0.5) is 0 Å². The molecule has 1 rings (SSSR count). The lowest BCUT2D eigenvalue weighted by atomic mass is 10.6. The quantitative estimate of drug-likeness (QED) is 0.515. The van der Waals surface area contributed by atoms with Gasteiger partial charge in [-0.2, -0.15) is 0 Å². The van der Waals surface area contributed by atoms with E-state index in [1.54, 1.807) is 11.8 Å². The average Bonchev–Trinajstić information content (AvgIpc) is 1.98.